The summed E-state index contributed by atoms with van der Waals surface area (Å²) in [6.07, 6.45) is 1.13. The van der Waals surface area contributed by atoms with E-state index in [2.05, 4.69) is 41.9 Å². The van der Waals surface area contributed by atoms with Crippen LogP contribution in [0.15, 0.2) is 27.5 Å². The van der Waals surface area contributed by atoms with Crippen molar-refractivity contribution in [1.29, 1.82) is 0 Å². The van der Waals surface area contributed by atoms with E-state index in [0.29, 0.717) is 15.0 Å². The highest BCUT2D eigenvalue weighted by molar-refractivity contribution is 9.11. The molecule has 6 nitrogen and oxygen atoms in total. The number of hydrogen-bond acceptors (Lipinski definition) is 4. The van der Waals surface area contributed by atoms with Crippen molar-refractivity contribution < 1.29 is 4.92 Å². The average Bonchev–Trinajstić information content (AvgIpc) is 2.57. The van der Waals surface area contributed by atoms with E-state index in [1.165, 1.54) is 10.7 Å². The Morgan fingerprint density at radius 2 is 2.12 bits per heavy atom. The van der Waals surface area contributed by atoms with Crippen LogP contribution in [0.5, 0.6) is 0 Å². The number of nitro groups is 1. The first kappa shape index (κ1) is 12.5. The molecule has 9 heteroatoms. The summed E-state index contributed by atoms with van der Waals surface area (Å²) in [5.74, 6) is 0.315. The SMILES string of the molecule is O=[N+]([O-])c1cnc(-n2nc(Br)cc2Br)c(Cl)c1. The lowest BCUT2D eigenvalue weighted by Gasteiger charge is -2.03. The number of hydrogen-bond donors (Lipinski definition) is 0. The predicted molar refractivity (Wildman–Crippen MR) is 68.4 cm³/mol. The van der Waals surface area contributed by atoms with E-state index in [1.54, 1.807) is 6.07 Å². The maximum Gasteiger partial charge on any atom is 0.289 e. The third kappa shape index (κ3) is 2.48. The van der Waals surface area contributed by atoms with Gasteiger partial charge in [0, 0.05) is 12.1 Å². The van der Waals surface area contributed by atoms with Gasteiger partial charge in [0.15, 0.2) is 5.82 Å². The Balaban J connectivity index is 2.54. The van der Waals surface area contributed by atoms with Gasteiger partial charge in [-0.1, -0.05) is 11.6 Å². The van der Waals surface area contributed by atoms with Crippen LogP contribution in [0.25, 0.3) is 5.82 Å². The third-order valence-corrected chi connectivity index (χ3v) is 3.09. The smallest absolute Gasteiger partial charge is 0.258 e. The number of halogens is 3. The van der Waals surface area contributed by atoms with Crippen molar-refractivity contribution in [2.24, 2.45) is 0 Å². The quantitative estimate of drug-likeness (QED) is 0.590. The Labute approximate surface area is 117 Å². The van der Waals surface area contributed by atoms with Crippen LogP contribution < -0.4 is 0 Å². The molecule has 0 atom stereocenters. The first-order valence-corrected chi connectivity index (χ1v) is 6.17. The fourth-order valence-corrected chi connectivity index (χ4v) is 2.54. The molecular formula is C8H3Br2ClN4O2. The molecular weight excluding hydrogens is 379 g/mol. The maximum atomic E-state index is 10.5. The van der Waals surface area contributed by atoms with E-state index in [1.807, 2.05) is 0 Å². The molecule has 2 heterocycles. The van der Waals surface area contributed by atoms with Crippen LogP contribution >= 0.6 is 43.5 Å². The first-order chi connectivity index (χ1) is 7.99. The van der Waals surface area contributed by atoms with Crippen LogP contribution in [0.4, 0.5) is 5.69 Å². The summed E-state index contributed by atoms with van der Waals surface area (Å²) >= 11 is 12.4. The van der Waals surface area contributed by atoms with Crippen LogP contribution in [0.1, 0.15) is 0 Å². The number of pyridine rings is 1. The first-order valence-electron chi connectivity index (χ1n) is 4.20. The van der Waals surface area contributed by atoms with Gasteiger partial charge >= 0.3 is 0 Å². The topological polar surface area (TPSA) is 73.8 Å². The minimum atomic E-state index is -0.559. The number of aromatic nitrogens is 3. The van der Waals surface area contributed by atoms with Gasteiger partial charge in [0.1, 0.15) is 15.4 Å². The molecule has 17 heavy (non-hydrogen) atoms. The van der Waals surface area contributed by atoms with Crippen LogP contribution in [-0.2, 0) is 0 Å². The second-order valence-electron chi connectivity index (χ2n) is 2.96. The second-order valence-corrected chi connectivity index (χ2v) is 4.99. The van der Waals surface area contributed by atoms with E-state index < -0.39 is 4.92 Å². The van der Waals surface area contributed by atoms with E-state index in [9.17, 15) is 10.1 Å². The zero-order chi connectivity index (χ0) is 12.6. The molecule has 0 unspecified atom stereocenters. The van der Waals surface area contributed by atoms with Crippen LogP contribution in [0.2, 0.25) is 5.02 Å². The van der Waals surface area contributed by atoms with E-state index in [0.717, 1.165) is 6.20 Å². The number of nitrogens with zero attached hydrogens (tertiary/aromatic N) is 4. The molecule has 88 valence electrons. The Bertz CT molecular complexity index is 601. The van der Waals surface area contributed by atoms with Crippen molar-refractivity contribution in [1.82, 2.24) is 14.8 Å². The zero-order valence-electron chi connectivity index (χ0n) is 7.97. The average molecular weight is 382 g/mol. The highest BCUT2D eigenvalue weighted by Gasteiger charge is 2.15. The summed E-state index contributed by atoms with van der Waals surface area (Å²) in [4.78, 5) is 13.9. The monoisotopic (exact) mass is 380 g/mol. The molecule has 0 radical (unpaired) electrons. The summed E-state index contributed by atoms with van der Waals surface area (Å²) in [5, 5.41) is 14.8. The molecule has 2 aromatic rings. The fourth-order valence-electron chi connectivity index (χ4n) is 1.16. The largest absolute Gasteiger partial charge is 0.289 e. The second kappa shape index (κ2) is 4.71. The fraction of sp³-hybridized carbons (Fsp3) is 0. The van der Waals surface area contributed by atoms with Crippen LogP contribution in [-0.4, -0.2) is 19.7 Å². The molecule has 0 aliphatic rings. The molecule has 0 fully saturated rings. The third-order valence-electron chi connectivity index (χ3n) is 1.85. The Kier molecular flexibility index (Phi) is 3.45. The van der Waals surface area contributed by atoms with Crippen molar-refractivity contribution in [2.75, 3.05) is 0 Å². The minimum Gasteiger partial charge on any atom is -0.258 e. The molecule has 2 rings (SSSR count). The lowest BCUT2D eigenvalue weighted by Crippen LogP contribution is -2.02. The van der Waals surface area contributed by atoms with E-state index >= 15 is 0 Å². The number of rotatable bonds is 2. The van der Waals surface area contributed by atoms with Crippen molar-refractivity contribution in [3.63, 3.8) is 0 Å². The standard InChI is InChI=1S/C8H3Br2ClN4O2/c9-6-2-7(10)14(13-6)8-5(11)1-4(3-12-8)15(16)17/h1-3H. The maximum absolute atomic E-state index is 10.5. The molecule has 0 spiro atoms. The Morgan fingerprint density at radius 1 is 1.41 bits per heavy atom. The summed E-state index contributed by atoms with van der Waals surface area (Å²) in [5.41, 5.74) is -0.166. The molecule has 0 amide bonds. The molecule has 0 N–H and O–H groups in total. The highest BCUT2D eigenvalue weighted by Crippen LogP contribution is 2.26. The summed E-state index contributed by atoms with van der Waals surface area (Å²) in [6, 6.07) is 2.94. The van der Waals surface area contributed by atoms with Gasteiger partial charge in [0.25, 0.3) is 5.69 Å². The van der Waals surface area contributed by atoms with Crippen molar-refractivity contribution >= 4 is 49.1 Å². The van der Waals surface area contributed by atoms with E-state index in [4.69, 9.17) is 11.6 Å². The van der Waals surface area contributed by atoms with Crippen LogP contribution in [0, 0.1) is 10.1 Å². The minimum absolute atomic E-state index is 0.149. The molecule has 2 aromatic heterocycles. The molecule has 0 aliphatic heterocycles. The van der Waals surface area contributed by atoms with Crippen molar-refractivity contribution in [3.8, 4) is 5.82 Å². The molecule has 0 aromatic carbocycles. The Hall–Kier alpha value is -0.990. The Morgan fingerprint density at radius 3 is 2.59 bits per heavy atom. The molecule has 0 saturated heterocycles. The van der Waals surface area contributed by atoms with Crippen LogP contribution in [0.3, 0.4) is 0 Å². The molecule has 0 bridgehead atoms. The van der Waals surface area contributed by atoms with Gasteiger partial charge in [-0.2, -0.15) is 5.10 Å². The van der Waals surface area contributed by atoms with Gasteiger partial charge in [0.05, 0.1) is 9.95 Å². The van der Waals surface area contributed by atoms with Gasteiger partial charge in [-0.05, 0) is 31.9 Å². The van der Waals surface area contributed by atoms with Crippen molar-refractivity contribution in [2.45, 2.75) is 0 Å². The highest BCUT2D eigenvalue weighted by atomic mass is 79.9. The lowest BCUT2D eigenvalue weighted by molar-refractivity contribution is -0.385. The molecule has 0 saturated carbocycles. The predicted octanol–water partition coefficient (Wildman–Crippen LogP) is 3.35. The van der Waals surface area contributed by atoms with Crippen molar-refractivity contribution in [3.05, 3.63) is 42.7 Å². The van der Waals surface area contributed by atoms with Gasteiger partial charge < -0.3 is 0 Å². The van der Waals surface area contributed by atoms with Gasteiger partial charge in [-0.25, -0.2) is 9.67 Å². The van der Waals surface area contributed by atoms with E-state index in [-0.39, 0.29) is 10.7 Å². The molecule has 0 aliphatic carbocycles. The van der Waals surface area contributed by atoms with Gasteiger partial charge in [0.2, 0.25) is 0 Å². The zero-order valence-corrected chi connectivity index (χ0v) is 11.9. The normalized spacial score (nSPS) is 10.5. The lowest BCUT2D eigenvalue weighted by atomic mass is 10.4. The van der Waals surface area contributed by atoms with Gasteiger partial charge in [-0.3, -0.25) is 10.1 Å². The summed E-state index contributed by atoms with van der Waals surface area (Å²) in [6.45, 7) is 0. The summed E-state index contributed by atoms with van der Waals surface area (Å²) in [7, 11) is 0. The summed E-state index contributed by atoms with van der Waals surface area (Å²) < 4.78 is 2.66. The van der Waals surface area contributed by atoms with Gasteiger partial charge in [-0.15, -0.1) is 0 Å².